The van der Waals surface area contributed by atoms with E-state index in [1.807, 2.05) is 33.8 Å². The molecule has 1 aliphatic rings. The highest BCUT2D eigenvalue weighted by Gasteiger charge is 2.24. The summed E-state index contributed by atoms with van der Waals surface area (Å²) in [7, 11) is 3.34. The first-order valence-corrected chi connectivity index (χ1v) is 14.2. The lowest BCUT2D eigenvalue weighted by Gasteiger charge is -2.13. The van der Waals surface area contributed by atoms with Crippen LogP contribution in [0.5, 0.6) is 11.5 Å². The molecular weight excluding hydrogens is 548 g/mol. The zero-order chi connectivity index (χ0) is 30.9. The maximum absolute atomic E-state index is 12.2. The molecule has 0 unspecified atom stereocenters. The first kappa shape index (κ1) is 28.0. The fourth-order valence-corrected chi connectivity index (χ4v) is 6.19. The Bertz CT molecular complexity index is 2410. The van der Waals surface area contributed by atoms with Gasteiger partial charge in [-0.2, -0.15) is 0 Å². The van der Waals surface area contributed by atoms with Crippen LogP contribution in [-0.2, 0) is 33.7 Å². The summed E-state index contributed by atoms with van der Waals surface area (Å²) in [5.74, 6) is 0.585. The summed E-state index contributed by atoms with van der Waals surface area (Å²) in [4.78, 5) is 50.7. The highest BCUT2D eigenvalue weighted by atomic mass is 16.5. The van der Waals surface area contributed by atoms with E-state index in [2.05, 4.69) is 11.1 Å². The zero-order valence-electron chi connectivity index (χ0n) is 24.9. The van der Waals surface area contributed by atoms with Gasteiger partial charge in [0.25, 0.3) is 16.7 Å². The van der Waals surface area contributed by atoms with Crippen LogP contribution in [0.1, 0.15) is 36.1 Å². The summed E-state index contributed by atoms with van der Waals surface area (Å²) < 4.78 is 10.4. The third kappa shape index (κ3) is 4.16. The first-order valence-electron chi connectivity index (χ1n) is 14.2. The Morgan fingerprint density at radius 3 is 1.91 bits per heavy atom. The van der Waals surface area contributed by atoms with Crippen molar-refractivity contribution in [1.29, 1.82) is 0 Å². The van der Waals surface area contributed by atoms with Gasteiger partial charge in [0, 0.05) is 59.9 Å². The number of aromatic nitrogens is 4. The van der Waals surface area contributed by atoms with Crippen molar-refractivity contribution in [1.82, 2.24) is 18.7 Å². The van der Waals surface area contributed by atoms with Crippen LogP contribution in [0.2, 0.25) is 0 Å². The van der Waals surface area contributed by atoms with Gasteiger partial charge in [-0.25, -0.2) is 0 Å². The van der Waals surface area contributed by atoms with E-state index < -0.39 is 0 Å². The third-order valence-corrected chi connectivity index (χ3v) is 8.54. The number of rotatable bonds is 2. The molecule has 0 amide bonds. The SMILES string of the molecule is CCc1cc(=O)[nH]c2c(O)c3c(cc12)c(C)cc(=O)n3C.CCc1cc(=O)n2c3c(c4c(cc13)c(C)cc(=O)n4C)OC2. The average Bonchev–Trinajstić information content (AvgIpc) is 3.43. The molecule has 6 aromatic rings. The number of hydrogen-bond acceptors (Lipinski definition) is 6. The lowest BCUT2D eigenvalue weighted by Crippen LogP contribution is -2.19. The number of H-pyrrole nitrogens is 1. The number of phenolic OH excluding ortho intramolecular Hbond substituents is 1. The van der Waals surface area contributed by atoms with Crippen molar-refractivity contribution in [2.75, 3.05) is 0 Å². The average molecular weight is 581 g/mol. The van der Waals surface area contributed by atoms with Crippen LogP contribution < -0.4 is 27.0 Å². The van der Waals surface area contributed by atoms with Gasteiger partial charge in [-0.3, -0.25) is 23.7 Å². The molecule has 4 aromatic heterocycles. The van der Waals surface area contributed by atoms with Crippen molar-refractivity contribution in [3.63, 3.8) is 0 Å². The number of phenols is 1. The van der Waals surface area contributed by atoms with Crippen molar-refractivity contribution in [3.05, 3.63) is 100 Å². The molecule has 1 aliphatic heterocycles. The number of fused-ring (bicyclic) bond motifs is 4. The van der Waals surface area contributed by atoms with Gasteiger partial charge in [0.2, 0.25) is 5.56 Å². The van der Waals surface area contributed by atoms with E-state index in [9.17, 15) is 24.3 Å². The van der Waals surface area contributed by atoms with Crippen LogP contribution in [0.15, 0.2) is 55.6 Å². The van der Waals surface area contributed by atoms with Crippen LogP contribution >= 0.6 is 0 Å². The normalized spacial score (nSPS) is 12.2. The number of ether oxygens (including phenoxy) is 1. The van der Waals surface area contributed by atoms with Gasteiger partial charge >= 0.3 is 0 Å². The Morgan fingerprint density at radius 2 is 1.28 bits per heavy atom. The Hall–Kier alpha value is -5.12. The van der Waals surface area contributed by atoms with Crippen LogP contribution in [0.3, 0.4) is 0 Å². The third-order valence-electron chi connectivity index (χ3n) is 8.54. The van der Waals surface area contributed by atoms with Crippen molar-refractivity contribution in [2.24, 2.45) is 14.1 Å². The topological polar surface area (TPSA) is 128 Å². The molecule has 0 radical (unpaired) electrons. The van der Waals surface area contributed by atoms with E-state index in [1.165, 1.54) is 4.57 Å². The standard InChI is InChI=1S/C17H16N2O3.C16H16N2O3/c1-4-10-6-14(21)19-8-22-17-15-11(7-12(10)16(17)19)9(2)5-13(20)18(15)3;1-4-9-6-12(19)17-14-11(9)7-10-8(2)5-13(20)18(3)15(10)16(14)21/h5-7H,4,8H2,1-3H3;5-7,21H,4H2,1-3H3,(H,17,19). The number of aromatic hydroxyl groups is 1. The fourth-order valence-electron chi connectivity index (χ4n) is 6.19. The molecule has 0 spiro atoms. The van der Waals surface area contributed by atoms with E-state index >= 15 is 0 Å². The first-order chi connectivity index (χ1) is 20.5. The van der Waals surface area contributed by atoms with Crippen LogP contribution in [0.25, 0.3) is 43.6 Å². The number of pyridine rings is 4. The number of aromatic amines is 1. The Morgan fingerprint density at radius 1 is 0.721 bits per heavy atom. The van der Waals surface area contributed by atoms with Gasteiger partial charge < -0.3 is 24.0 Å². The highest BCUT2D eigenvalue weighted by Crippen LogP contribution is 2.39. The molecule has 10 nitrogen and oxygen atoms in total. The minimum atomic E-state index is -0.258. The molecule has 2 aromatic carbocycles. The zero-order valence-corrected chi connectivity index (χ0v) is 24.9. The summed E-state index contributed by atoms with van der Waals surface area (Å²) in [5.41, 5.74) is 5.42. The fraction of sp³-hybridized carbons (Fsp3) is 0.273. The summed E-state index contributed by atoms with van der Waals surface area (Å²) >= 11 is 0. The molecule has 7 rings (SSSR count). The monoisotopic (exact) mass is 580 g/mol. The second-order valence-electron chi connectivity index (χ2n) is 11.1. The van der Waals surface area contributed by atoms with Crippen LogP contribution in [0, 0.1) is 13.8 Å². The summed E-state index contributed by atoms with van der Waals surface area (Å²) in [6.07, 6.45) is 1.47. The summed E-state index contributed by atoms with van der Waals surface area (Å²) in [6.45, 7) is 7.97. The molecule has 0 bridgehead atoms. The molecule has 220 valence electrons. The molecular formula is C33H32N4O6. The van der Waals surface area contributed by atoms with E-state index in [1.54, 1.807) is 47.5 Å². The summed E-state index contributed by atoms with van der Waals surface area (Å²) in [6, 6.07) is 10.4. The minimum Gasteiger partial charge on any atom is -0.504 e. The predicted octanol–water partition coefficient (Wildman–Crippen LogP) is 4.03. The van der Waals surface area contributed by atoms with E-state index in [0.29, 0.717) is 23.2 Å². The van der Waals surface area contributed by atoms with Crippen molar-refractivity contribution in [3.8, 4) is 11.5 Å². The Labute approximate surface area is 245 Å². The second-order valence-corrected chi connectivity index (χ2v) is 11.1. The number of aryl methyl sites for hydroxylation is 6. The van der Waals surface area contributed by atoms with Crippen molar-refractivity contribution >= 4 is 43.6 Å². The number of nitrogens with one attached hydrogen (secondary N) is 1. The molecule has 0 saturated heterocycles. The highest BCUT2D eigenvalue weighted by molar-refractivity contribution is 6.05. The predicted molar refractivity (Wildman–Crippen MR) is 169 cm³/mol. The van der Waals surface area contributed by atoms with Gasteiger partial charge in [-0.1, -0.05) is 13.8 Å². The molecule has 0 fully saturated rings. The lowest BCUT2D eigenvalue weighted by atomic mass is 10.0. The van der Waals surface area contributed by atoms with Gasteiger partial charge in [0.15, 0.2) is 18.2 Å². The number of benzene rings is 2. The van der Waals surface area contributed by atoms with Crippen molar-refractivity contribution in [2.45, 2.75) is 47.3 Å². The maximum Gasteiger partial charge on any atom is 0.254 e. The summed E-state index contributed by atoms with van der Waals surface area (Å²) in [5, 5.41) is 14.2. The van der Waals surface area contributed by atoms with E-state index in [-0.39, 0.29) is 34.7 Å². The molecule has 2 N–H and O–H groups in total. The molecule has 0 saturated carbocycles. The minimum absolute atomic E-state index is 0.0555. The van der Waals surface area contributed by atoms with Gasteiger partial charge in [0.05, 0.1) is 22.1 Å². The van der Waals surface area contributed by atoms with Gasteiger partial charge in [0.1, 0.15) is 0 Å². The maximum atomic E-state index is 12.2. The quantitative estimate of drug-likeness (QED) is 0.298. The van der Waals surface area contributed by atoms with Crippen LogP contribution in [-0.4, -0.2) is 23.8 Å². The number of hydrogen-bond donors (Lipinski definition) is 2. The second kappa shape index (κ2) is 10.0. The lowest BCUT2D eigenvalue weighted by molar-refractivity contribution is 0.268. The van der Waals surface area contributed by atoms with Gasteiger partial charge in [-0.05, 0) is 61.1 Å². The van der Waals surface area contributed by atoms with E-state index in [4.69, 9.17) is 4.74 Å². The Balaban J connectivity index is 0.000000153. The smallest absolute Gasteiger partial charge is 0.254 e. The van der Waals surface area contributed by atoms with Crippen LogP contribution in [0.4, 0.5) is 0 Å². The largest absolute Gasteiger partial charge is 0.504 e. The van der Waals surface area contributed by atoms with Crippen molar-refractivity contribution < 1.29 is 9.84 Å². The number of nitrogens with zero attached hydrogens (tertiary/aromatic N) is 3. The molecule has 10 heteroatoms. The molecule has 43 heavy (non-hydrogen) atoms. The molecule has 5 heterocycles. The Kier molecular flexibility index (Phi) is 6.52. The molecule has 0 atom stereocenters. The molecule has 0 aliphatic carbocycles. The van der Waals surface area contributed by atoms with Gasteiger partial charge in [-0.15, -0.1) is 0 Å². The van der Waals surface area contributed by atoms with E-state index in [0.717, 1.165) is 61.3 Å².